The molecule has 2 aromatic rings. The maximum Gasteiger partial charge on any atom is 0.144 e. The number of ether oxygens (including phenoxy) is 1. The van der Waals surface area contributed by atoms with Gasteiger partial charge in [-0.3, -0.25) is 0 Å². The molecule has 5 heteroatoms. The number of hydrogen-bond acceptors (Lipinski definition) is 4. The summed E-state index contributed by atoms with van der Waals surface area (Å²) in [6, 6.07) is 11.4. The monoisotopic (exact) mass is 257 g/mol. The minimum atomic E-state index is -0.332. The molecule has 0 unspecified atom stereocenters. The third-order valence-corrected chi connectivity index (χ3v) is 2.39. The van der Waals surface area contributed by atoms with Gasteiger partial charge in [-0.1, -0.05) is 6.07 Å². The van der Waals surface area contributed by atoms with Crippen LogP contribution in [0.15, 0.2) is 42.6 Å². The highest BCUT2D eigenvalue weighted by molar-refractivity contribution is 5.51. The van der Waals surface area contributed by atoms with Gasteiger partial charge in [0.1, 0.15) is 30.1 Å². The molecular formula is C14H12FN3O. The summed E-state index contributed by atoms with van der Waals surface area (Å²) < 4.78 is 18.3. The van der Waals surface area contributed by atoms with Crippen LogP contribution in [0, 0.1) is 17.1 Å². The zero-order chi connectivity index (χ0) is 13.5. The molecule has 0 amide bonds. The number of halogens is 1. The van der Waals surface area contributed by atoms with Crippen molar-refractivity contribution in [2.24, 2.45) is 0 Å². The Kier molecular flexibility index (Phi) is 4.29. The van der Waals surface area contributed by atoms with Crippen LogP contribution in [0.3, 0.4) is 0 Å². The Labute approximate surface area is 110 Å². The molecule has 0 fully saturated rings. The second kappa shape index (κ2) is 6.36. The Morgan fingerprint density at radius 2 is 2.21 bits per heavy atom. The van der Waals surface area contributed by atoms with Crippen molar-refractivity contribution in [3.63, 3.8) is 0 Å². The van der Waals surface area contributed by atoms with E-state index >= 15 is 0 Å². The summed E-state index contributed by atoms with van der Waals surface area (Å²) in [6.45, 7) is 0.826. The second-order valence-corrected chi connectivity index (χ2v) is 3.74. The van der Waals surface area contributed by atoms with E-state index in [4.69, 9.17) is 10.00 Å². The van der Waals surface area contributed by atoms with E-state index in [1.165, 1.54) is 12.1 Å². The number of benzene rings is 1. The number of aromatic nitrogens is 1. The normalized spacial score (nSPS) is 9.68. The van der Waals surface area contributed by atoms with Crippen LogP contribution in [0.25, 0.3) is 0 Å². The Balaban J connectivity index is 1.83. The molecule has 1 N–H and O–H groups in total. The maximum atomic E-state index is 12.9. The highest BCUT2D eigenvalue weighted by Crippen LogP contribution is 2.12. The topological polar surface area (TPSA) is 57.9 Å². The van der Waals surface area contributed by atoms with Crippen molar-refractivity contribution in [3.8, 4) is 11.8 Å². The van der Waals surface area contributed by atoms with E-state index < -0.39 is 0 Å². The van der Waals surface area contributed by atoms with Gasteiger partial charge >= 0.3 is 0 Å². The Hall–Kier alpha value is -2.61. The number of nitrogens with one attached hydrogen (secondary N) is 1. The lowest BCUT2D eigenvalue weighted by molar-refractivity contribution is 0.331. The quantitative estimate of drug-likeness (QED) is 0.836. The molecule has 1 aromatic heterocycles. The predicted octanol–water partition coefficient (Wildman–Crippen LogP) is 2.58. The van der Waals surface area contributed by atoms with Crippen LogP contribution in [0.4, 0.5) is 10.2 Å². The van der Waals surface area contributed by atoms with E-state index in [9.17, 15) is 4.39 Å². The minimum absolute atomic E-state index is 0.332. The van der Waals surface area contributed by atoms with Crippen molar-refractivity contribution in [1.82, 2.24) is 4.98 Å². The molecule has 96 valence electrons. The van der Waals surface area contributed by atoms with Gasteiger partial charge < -0.3 is 10.1 Å². The van der Waals surface area contributed by atoms with Crippen molar-refractivity contribution in [1.29, 1.82) is 5.26 Å². The Morgan fingerprint density at radius 1 is 1.32 bits per heavy atom. The summed E-state index contributed by atoms with van der Waals surface area (Å²) in [5.74, 6) is 0.665. The fraction of sp³-hybridized carbons (Fsp3) is 0.143. The molecule has 0 saturated carbocycles. The molecule has 0 spiro atoms. The smallest absolute Gasteiger partial charge is 0.144 e. The fourth-order valence-electron chi connectivity index (χ4n) is 1.53. The fourth-order valence-corrected chi connectivity index (χ4v) is 1.53. The van der Waals surface area contributed by atoms with Gasteiger partial charge in [-0.2, -0.15) is 5.26 Å². The molecule has 0 radical (unpaired) electrons. The van der Waals surface area contributed by atoms with Gasteiger partial charge in [0.2, 0.25) is 0 Å². The highest BCUT2D eigenvalue weighted by atomic mass is 19.1. The van der Waals surface area contributed by atoms with Crippen molar-refractivity contribution in [2.45, 2.75) is 0 Å². The molecule has 19 heavy (non-hydrogen) atoms. The van der Waals surface area contributed by atoms with Crippen LogP contribution in [0.2, 0.25) is 0 Å². The second-order valence-electron chi connectivity index (χ2n) is 3.74. The van der Waals surface area contributed by atoms with Crippen LogP contribution in [-0.2, 0) is 0 Å². The number of pyridine rings is 1. The number of rotatable bonds is 5. The standard InChI is InChI=1S/C14H12FN3O/c15-12-4-1-5-13(9-12)19-8-7-18-14-11(10-16)3-2-6-17-14/h1-6,9H,7-8H2,(H,17,18). The van der Waals surface area contributed by atoms with Gasteiger partial charge in [-0.15, -0.1) is 0 Å². The first kappa shape index (κ1) is 12.8. The van der Waals surface area contributed by atoms with Crippen LogP contribution in [-0.4, -0.2) is 18.1 Å². The first-order valence-electron chi connectivity index (χ1n) is 5.77. The molecular weight excluding hydrogens is 245 g/mol. The molecule has 0 aliphatic rings. The maximum absolute atomic E-state index is 12.9. The lowest BCUT2D eigenvalue weighted by Gasteiger charge is -2.08. The molecule has 0 bridgehead atoms. The summed E-state index contributed by atoms with van der Waals surface area (Å²) in [5, 5.41) is 11.9. The van der Waals surface area contributed by atoms with Crippen molar-refractivity contribution < 1.29 is 9.13 Å². The third kappa shape index (κ3) is 3.68. The largest absolute Gasteiger partial charge is 0.492 e. The minimum Gasteiger partial charge on any atom is -0.492 e. The lowest BCUT2D eigenvalue weighted by Crippen LogP contribution is -2.13. The Morgan fingerprint density at radius 3 is 3.00 bits per heavy atom. The summed E-state index contributed by atoms with van der Waals surface area (Å²) in [7, 11) is 0. The number of nitrogens with zero attached hydrogens (tertiary/aromatic N) is 2. The first-order valence-corrected chi connectivity index (χ1v) is 5.77. The van der Waals surface area contributed by atoms with Gasteiger partial charge in [-0.05, 0) is 24.3 Å². The first-order chi connectivity index (χ1) is 9.29. The van der Waals surface area contributed by atoms with Crippen LogP contribution in [0.5, 0.6) is 5.75 Å². The van der Waals surface area contributed by atoms with Gasteiger partial charge in [0.15, 0.2) is 0 Å². The average molecular weight is 257 g/mol. The third-order valence-electron chi connectivity index (χ3n) is 2.39. The van der Waals surface area contributed by atoms with Crippen molar-refractivity contribution in [3.05, 3.63) is 54.0 Å². The average Bonchev–Trinajstić information content (AvgIpc) is 2.44. The zero-order valence-electron chi connectivity index (χ0n) is 10.1. The summed E-state index contributed by atoms with van der Waals surface area (Å²) in [5.41, 5.74) is 0.480. The van der Waals surface area contributed by atoms with E-state index in [-0.39, 0.29) is 5.82 Å². The van der Waals surface area contributed by atoms with Gasteiger partial charge in [0.25, 0.3) is 0 Å². The van der Waals surface area contributed by atoms with Crippen LogP contribution in [0.1, 0.15) is 5.56 Å². The van der Waals surface area contributed by atoms with Gasteiger partial charge in [-0.25, -0.2) is 9.37 Å². The summed E-state index contributed by atoms with van der Waals surface area (Å²) in [6.07, 6.45) is 1.61. The number of hydrogen-bond donors (Lipinski definition) is 1. The van der Waals surface area contributed by atoms with Crippen LogP contribution < -0.4 is 10.1 Å². The van der Waals surface area contributed by atoms with Gasteiger partial charge in [0.05, 0.1) is 12.1 Å². The number of nitriles is 1. The van der Waals surface area contributed by atoms with Gasteiger partial charge in [0, 0.05) is 12.3 Å². The molecule has 1 heterocycles. The molecule has 0 saturated heterocycles. The van der Waals surface area contributed by atoms with E-state index in [0.29, 0.717) is 30.3 Å². The zero-order valence-corrected chi connectivity index (χ0v) is 10.1. The molecule has 0 aliphatic heterocycles. The molecule has 2 rings (SSSR count). The number of anilines is 1. The molecule has 0 aliphatic carbocycles. The highest BCUT2D eigenvalue weighted by Gasteiger charge is 2.01. The van der Waals surface area contributed by atoms with E-state index in [2.05, 4.69) is 10.3 Å². The van der Waals surface area contributed by atoms with Crippen LogP contribution >= 0.6 is 0 Å². The SMILES string of the molecule is N#Cc1cccnc1NCCOc1cccc(F)c1. The summed E-state index contributed by atoms with van der Waals surface area (Å²) >= 11 is 0. The predicted molar refractivity (Wildman–Crippen MR) is 69.3 cm³/mol. The lowest BCUT2D eigenvalue weighted by atomic mass is 10.3. The van der Waals surface area contributed by atoms with Crippen molar-refractivity contribution in [2.75, 3.05) is 18.5 Å². The Bertz CT molecular complexity index is 595. The van der Waals surface area contributed by atoms with E-state index in [1.807, 2.05) is 6.07 Å². The van der Waals surface area contributed by atoms with E-state index in [0.717, 1.165) is 0 Å². The van der Waals surface area contributed by atoms with E-state index in [1.54, 1.807) is 30.5 Å². The molecule has 4 nitrogen and oxygen atoms in total. The molecule has 0 atom stereocenters. The molecule has 1 aromatic carbocycles. The van der Waals surface area contributed by atoms with Crippen molar-refractivity contribution >= 4 is 5.82 Å². The summed E-state index contributed by atoms with van der Waals surface area (Å²) in [4.78, 5) is 4.06.